The molecule has 0 aliphatic carbocycles. The standard InChI is InChI=1S/C13H17N3O2S/c1-16(13(17)9(14)8-18-2)7-12-15-10-5-3-4-6-11(10)19-12/h3-6,9H,7-8,14H2,1-2H3. The molecular formula is C13H17N3O2S. The normalized spacial score (nSPS) is 12.6. The predicted molar refractivity (Wildman–Crippen MR) is 75.9 cm³/mol. The Morgan fingerprint density at radius 3 is 2.95 bits per heavy atom. The number of amides is 1. The Morgan fingerprint density at radius 2 is 2.26 bits per heavy atom. The van der Waals surface area contributed by atoms with Gasteiger partial charge in [-0.25, -0.2) is 4.98 Å². The number of carbonyl (C=O) groups excluding carboxylic acids is 1. The first-order valence-electron chi connectivity index (χ1n) is 5.95. The van der Waals surface area contributed by atoms with Crippen molar-refractivity contribution in [1.29, 1.82) is 0 Å². The topological polar surface area (TPSA) is 68.5 Å². The highest BCUT2D eigenvalue weighted by Gasteiger charge is 2.19. The summed E-state index contributed by atoms with van der Waals surface area (Å²) in [6, 6.07) is 7.30. The van der Waals surface area contributed by atoms with Gasteiger partial charge in [-0.3, -0.25) is 4.79 Å². The van der Waals surface area contributed by atoms with E-state index in [1.807, 2.05) is 24.3 Å². The maximum atomic E-state index is 12.0. The number of hydrogen-bond donors (Lipinski definition) is 1. The van der Waals surface area contributed by atoms with Crippen molar-refractivity contribution in [3.05, 3.63) is 29.3 Å². The van der Waals surface area contributed by atoms with Gasteiger partial charge in [-0.2, -0.15) is 0 Å². The minimum absolute atomic E-state index is 0.138. The average molecular weight is 279 g/mol. The summed E-state index contributed by atoms with van der Waals surface area (Å²) in [4.78, 5) is 18.0. The number of ether oxygens (including phenoxy) is 1. The molecule has 5 nitrogen and oxygen atoms in total. The molecule has 1 aromatic heterocycles. The number of nitrogens with two attached hydrogens (primary N) is 1. The number of hydrogen-bond acceptors (Lipinski definition) is 5. The van der Waals surface area contributed by atoms with Gasteiger partial charge in [-0.15, -0.1) is 11.3 Å². The van der Waals surface area contributed by atoms with E-state index < -0.39 is 6.04 Å². The number of rotatable bonds is 5. The molecule has 0 spiro atoms. The Labute approximate surface area is 116 Å². The van der Waals surface area contributed by atoms with E-state index in [9.17, 15) is 4.79 Å². The van der Waals surface area contributed by atoms with Crippen LogP contribution in [0.3, 0.4) is 0 Å². The molecular weight excluding hydrogens is 262 g/mol. The van der Waals surface area contributed by atoms with Crippen LogP contribution in [0.4, 0.5) is 0 Å². The maximum absolute atomic E-state index is 12.0. The van der Waals surface area contributed by atoms with Gasteiger partial charge in [0.05, 0.1) is 23.4 Å². The van der Waals surface area contributed by atoms with Crippen molar-refractivity contribution in [3.8, 4) is 0 Å². The highest BCUT2D eigenvalue weighted by atomic mass is 32.1. The second-order valence-electron chi connectivity index (χ2n) is 4.33. The number of carbonyl (C=O) groups is 1. The smallest absolute Gasteiger partial charge is 0.241 e. The summed E-state index contributed by atoms with van der Waals surface area (Å²) < 4.78 is 6.01. The van der Waals surface area contributed by atoms with Crippen LogP contribution in [0.1, 0.15) is 5.01 Å². The van der Waals surface area contributed by atoms with Gasteiger partial charge in [0, 0.05) is 14.2 Å². The van der Waals surface area contributed by atoms with Gasteiger partial charge < -0.3 is 15.4 Å². The van der Waals surface area contributed by atoms with E-state index in [2.05, 4.69) is 4.98 Å². The lowest BCUT2D eigenvalue weighted by molar-refractivity contribution is -0.132. The number of aromatic nitrogens is 1. The third-order valence-electron chi connectivity index (χ3n) is 2.75. The molecule has 0 saturated carbocycles. The van der Waals surface area contributed by atoms with Crippen molar-refractivity contribution < 1.29 is 9.53 Å². The summed E-state index contributed by atoms with van der Waals surface area (Å²) in [5, 5.41) is 0.904. The maximum Gasteiger partial charge on any atom is 0.241 e. The van der Waals surface area contributed by atoms with Crippen LogP contribution in [-0.4, -0.2) is 42.6 Å². The summed E-state index contributed by atoms with van der Waals surface area (Å²) in [5.74, 6) is -0.138. The Kier molecular flexibility index (Phi) is 4.47. The monoisotopic (exact) mass is 279 g/mol. The largest absolute Gasteiger partial charge is 0.383 e. The van der Waals surface area contributed by atoms with Crippen LogP contribution in [0.15, 0.2) is 24.3 Å². The fraction of sp³-hybridized carbons (Fsp3) is 0.385. The molecule has 1 unspecified atom stereocenters. The Morgan fingerprint density at radius 1 is 1.53 bits per heavy atom. The second-order valence-corrected chi connectivity index (χ2v) is 5.45. The minimum atomic E-state index is -0.621. The van der Waals surface area contributed by atoms with Crippen LogP contribution >= 0.6 is 11.3 Å². The first-order valence-corrected chi connectivity index (χ1v) is 6.77. The molecule has 6 heteroatoms. The Hall–Kier alpha value is -1.50. The predicted octanol–water partition coefficient (Wildman–Crippen LogP) is 1.23. The fourth-order valence-corrected chi connectivity index (χ4v) is 2.82. The zero-order valence-corrected chi connectivity index (χ0v) is 11.8. The van der Waals surface area contributed by atoms with Crippen molar-refractivity contribution in [2.24, 2.45) is 5.73 Å². The van der Waals surface area contributed by atoms with Crippen molar-refractivity contribution in [2.75, 3.05) is 20.8 Å². The Bertz CT molecular complexity index is 537. The molecule has 2 aromatic rings. The number of likely N-dealkylation sites (N-methyl/N-ethyl adjacent to an activating group) is 1. The minimum Gasteiger partial charge on any atom is -0.383 e. The zero-order valence-electron chi connectivity index (χ0n) is 11.0. The molecule has 102 valence electrons. The van der Waals surface area contributed by atoms with Crippen molar-refractivity contribution in [1.82, 2.24) is 9.88 Å². The highest BCUT2D eigenvalue weighted by molar-refractivity contribution is 7.18. The first-order chi connectivity index (χ1) is 9.11. The van der Waals surface area contributed by atoms with E-state index >= 15 is 0 Å². The van der Waals surface area contributed by atoms with E-state index in [0.29, 0.717) is 6.54 Å². The molecule has 19 heavy (non-hydrogen) atoms. The molecule has 0 aliphatic heterocycles. The summed E-state index contributed by atoms with van der Waals surface area (Å²) >= 11 is 1.59. The van der Waals surface area contributed by atoms with Crippen LogP contribution in [0, 0.1) is 0 Å². The number of fused-ring (bicyclic) bond motifs is 1. The van der Waals surface area contributed by atoms with Gasteiger partial charge in [0.2, 0.25) is 5.91 Å². The van der Waals surface area contributed by atoms with E-state index in [4.69, 9.17) is 10.5 Å². The molecule has 0 radical (unpaired) electrons. The highest BCUT2D eigenvalue weighted by Crippen LogP contribution is 2.22. The lowest BCUT2D eigenvalue weighted by Crippen LogP contribution is -2.44. The zero-order chi connectivity index (χ0) is 13.8. The number of methoxy groups -OCH3 is 1. The van der Waals surface area contributed by atoms with Gasteiger partial charge in [0.1, 0.15) is 11.0 Å². The van der Waals surface area contributed by atoms with Crippen LogP contribution in [0.2, 0.25) is 0 Å². The van der Waals surface area contributed by atoms with Crippen molar-refractivity contribution >= 4 is 27.5 Å². The second kappa shape index (κ2) is 6.10. The van der Waals surface area contributed by atoms with Gasteiger partial charge >= 0.3 is 0 Å². The van der Waals surface area contributed by atoms with Crippen LogP contribution in [0.5, 0.6) is 0 Å². The quantitative estimate of drug-likeness (QED) is 0.893. The van der Waals surface area contributed by atoms with Crippen LogP contribution < -0.4 is 5.73 Å². The summed E-state index contributed by atoms with van der Waals surface area (Å²) in [6.45, 7) is 0.693. The number of thiazole rings is 1. The SMILES string of the molecule is COCC(N)C(=O)N(C)Cc1nc2ccccc2s1. The molecule has 0 saturated heterocycles. The fourth-order valence-electron chi connectivity index (χ4n) is 1.80. The van der Waals surface area contributed by atoms with Crippen molar-refractivity contribution in [3.63, 3.8) is 0 Å². The molecule has 1 heterocycles. The molecule has 1 atom stereocenters. The molecule has 1 amide bonds. The number of benzene rings is 1. The third kappa shape index (κ3) is 3.28. The molecule has 0 fully saturated rings. The van der Waals surface area contributed by atoms with Crippen molar-refractivity contribution in [2.45, 2.75) is 12.6 Å². The van der Waals surface area contributed by atoms with E-state index in [1.165, 1.54) is 7.11 Å². The summed E-state index contributed by atoms with van der Waals surface area (Å²) in [7, 11) is 3.25. The van der Waals surface area contributed by atoms with E-state index in [1.54, 1.807) is 23.3 Å². The third-order valence-corrected chi connectivity index (χ3v) is 3.77. The van der Waals surface area contributed by atoms with E-state index in [0.717, 1.165) is 15.2 Å². The Balaban J connectivity index is 2.05. The van der Waals surface area contributed by atoms with Gasteiger partial charge in [-0.05, 0) is 12.1 Å². The molecule has 0 aliphatic rings. The molecule has 2 N–H and O–H groups in total. The van der Waals surface area contributed by atoms with Gasteiger partial charge in [0.25, 0.3) is 0 Å². The van der Waals surface area contributed by atoms with Gasteiger partial charge in [-0.1, -0.05) is 12.1 Å². The summed E-state index contributed by atoms with van der Waals surface area (Å²) in [5.41, 5.74) is 6.69. The summed E-state index contributed by atoms with van der Waals surface area (Å²) in [6.07, 6.45) is 0. The average Bonchev–Trinajstić information content (AvgIpc) is 2.80. The lowest BCUT2D eigenvalue weighted by Gasteiger charge is -2.19. The first kappa shape index (κ1) is 13.9. The number of nitrogens with zero attached hydrogens (tertiary/aromatic N) is 2. The number of para-hydroxylation sites is 1. The lowest BCUT2D eigenvalue weighted by atomic mass is 10.3. The van der Waals surface area contributed by atoms with Gasteiger partial charge in [0.15, 0.2) is 0 Å². The molecule has 2 rings (SSSR count). The molecule has 1 aromatic carbocycles. The van der Waals surface area contributed by atoms with Crippen LogP contribution in [-0.2, 0) is 16.1 Å². The van der Waals surface area contributed by atoms with E-state index in [-0.39, 0.29) is 12.5 Å². The molecule has 0 bridgehead atoms. The van der Waals surface area contributed by atoms with Crippen LogP contribution in [0.25, 0.3) is 10.2 Å².